The van der Waals surface area contributed by atoms with Gasteiger partial charge < -0.3 is 14.2 Å². The van der Waals surface area contributed by atoms with Gasteiger partial charge in [-0.2, -0.15) is 0 Å². The summed E-state index contributed by atoms with van der Waals surface area (Å²) in [6.07, 6.45) is 3.95. The Morgan fingerprint density at radius 1 is 0.958 bits per heavy atom. The maximum absolute atomic E-state index is 12.4. The summed E-state index contributed by atoms with van der Waals surface area (Å²) in [7, 11) is 1.79. The molecule has 3 rings (SSSR count). The van der Waals surface area contributed by atoms with Crippen molar-refractivity contribution in [2.24, 2.45) is 0 Å². The number of aromatic nitrogens is 1. The van der Waals surface area contributed by atoms with Crippen molar-refractivity contribution in [2.45, 2.75) is 0 Å². The van der Waals surface area contributed by atoms with E-state index in [0.717, 1.165) is 11.4 Å². The molecule has 0 saturated carbocycles. The predicted molar refractivity (Wildman–Crippen MR) is 94.7 cm³/mol. The van der Waals surface area contributed by atoms with Crippen molar-refractivity contribution >= 4 is 5.91 Å². The summed E-state index contributed by atoms with van der Waals surface area (Å²) in [6, 6.07) is 21.1. The molecule has 0 radical (unpaired) electrons. The van der Waals surface area contributed by atoms with E-state index >= 15 is 0 Å². The lowest BCUT2D eigenvalue weighted by Gasteiger charge is -2.18. The van der Waals surface area contributed by atoms with Gasteiger partial charge in [-0.25, -0.2) is 0 Å². The van der Waals surface area contributed by atoms with Crippen LogP contribution in [0.2, 0.25) is 0 Å². The van der Waals surface area contributed by atoms with Crippen LogP contribution < -0.4 is 4.74 Å². The standard InChI is InChI=1S/C20H20N2O2/c1-21(15-16-24-19-7-3-2-4-8-19)20(23)17-9-11-18(12-10-17)22-13-5-6-14-22/h2-14H,15-16H2,1H3. The highest BCUT2D eigenvalue weighted by atomic mass is 16.5. The lowest BCUT2D eigenvalue weighted by atomic mass is 10.2. The van der Waals surface area contributed by atoms with Gasteiger partial charge in [-0.3, -0.25) is 4.79 Å². The Morgan fingerprint density at radius 3 is 2.29 bits per heavy atom. The van der Waals surface area contributed by atoms with E-state index < -0.39 is 0 Å². The SMILES string of the molecule is CN(CCOc1ccccc1)C(=O)c1ccc(-n2cccc2)cc1. The predicted octanol–water partition coefficient (Wildman–Crippen LogP) is 3.63. The number of benzene rings is 2. The van der Waals surface area contributed by atoms with Crippen LogP contribution in [0.1, 0.15) is 10.4 Å². The van der Waals surface area contributed by atoms with Gasteiger partial charge in [0.25, 0.3) is 5.91 Å². The van der Waals surface area contributed by atoms with E-state index in [1.807, 2.05) is 83.7 Å². The van der Waals surface area contributed by atoms with Crippen LogP contribution in [0.3, 0.4) is 0 Å². The van der Waals surface area contributed by atoms with E-state index in [2.05, 4.69) is 0 Å². The number of rotatable bonds is 6. The molecular weight excluding hydrogens is 300 g/mol. The van der Waals surface area contributed by atoms with Gasteiger partial charge in [-0.1, -0.05) is 18.2 Å². The highest BCUT2D eigenvalue weighted by Gasteiger charge is 2.11. The van der Waals surface area contributed by atoms with E-state index in [1.54, 1.807) is 11.9 Å². The maximum Gasteiger partial charge on any atom is 0.253 e. The lowest BCUT2D eigenvalue weighted by molar-refractivity contribution is 0.0774. The third-order valence-corrected chi connectivity index (χ3v) is 3.80. The number of ether oxygens (including phenoxy) is 1. The Kier molecular flexibility index (Phi) is 4.96. The third kappa shape index (κ3) is 3.84. The average Bonchev–Trinajstić information content (AvgIpc) is 3.17. The fourth-order valence-electron chi connectivity index (χ4n) is 2.42. The van der Waals surface area contributed by atoms with Crippen molar-refractivity contribution in [3.8, 4) is 11.4 Å². The van der Waals surface area contributed by atoms with Gasteiger partial charge in [0.15, 0.2) is 0 Å². The van der Waals surface area contributed by atoms with Gasteiger partial charge >= 0.3 is 0 Å². The number of para-hydroxylation sites is 1. The Labute approximate surface area is 141 Å². The second-order valence-corrected chi connectivity index (χ2v) is 5.53. The summed E-state index contributed by atoms with van der Waals surface area (Å²) in [5.74, 6) is 0.806. The number of hydrogen-bond donors (Lipinski definition) is 0. The molecule has 0 N–H and O–H groups in total. The van der Waals surface area contributed by atoms with Crippen LogP contribution in [0.25, 0.3) is 5.69 Å². The van der Waals surface area contributed by atoms with Gasteiger partial charge in [0.05, 0.1) is 6.54 Å². The first-order valence-electron chi connectivity index (χ1n) is 7.91. The molecule has 0 fully saturated rings. The highest BCUT2D eigenvalue weighted by Crippen LogP contribution is 2.12. The maximum atomic E-state index is 12.4. The Morgan fingerprint density at radius 2 is 1.62 bits per heavy atom. The molecule has 0 aliphatic carbocycles. The molecule has 0 aliphatic rings. The summed E-state index contributed by atoms with van der Waals surface area (Å²) in [5.41, 5.74) is 1.71. The topological polar surface area (TPSA) is 34.5 Å². The normalized spacial score (nSPS) is 10.4. The van der Waals surface area contributed by atoms with Crippen molar-refractivity contribution in [1.29, 1.82) is 0 Å². The summed E-state index contributed by atoms with van der Waals surface area (Å²) < 4.78 is 7.64. The first-order chi connectivity index (χ1) is 11.7. The number of carbonyl (C=O) groups excluding carboxylic acids is 1. The third-order valence-electron chi connectivity index (χ3n) is 3.80. The molecule has 3 aromatic rings. The van der Waals surface area contributed by atoms with Crippen molar-refractivity contribution < 1.29 is 9.53 Å². The Balaban J connectivity index is 1.55. The second kappa shape index (κ2) is 7.51. The number of carbonyl (C=O) groups is 1. The quantitative estimate of drug-likeness (QED) is 0.695. The zero-order valence-electron chi connectivity index (χ0n) is 13.6. The molecule has 0 saturated heterocycles. The largest absolute Gasteiger partial charge is 0.492 e. The monoisotopic (exact) mass is 320 g/mol. The minimum absolute atomic E-state index is 0.00859. The molecule has 24 heavy (non-hydrogen) atoms. The molecule has 1 heterocycles. The van der Waals surface area contributed by atoms with E-state index in [1.165, 1.54) is 0 Å². The number of likely N-dealkylation sites (N-methyl/N-ethyl adjacent to an activating group) is 1. The molecule has 1 amide bonds. The Bertz CT molecular complexity index is 765. The first-order valence-corrected chi connectivity index (χ1v) is 7.91. The summed E-state index contributed by atoms with van der Waals surface area (Å²) in [6.45, 7) is 1.00. The molecule has 0 spiro atoms. The van der Waals surface area contributed by atoms with Crippen LogP contribution in [0, 0.1) is 0 Å². The van der Waals surface area contributed by atoms with Gasteiger partial charge in [0, 0.05) is 30.7 Å². The minimum Gasteiger partial charge on any atom is -0.492 e. The number of nitrogens with zero attached hydrogens (tertiary/aromatic N) is 2. The van der Waals surface area contributed by atoms with Crippen LogP contribution in [-0.4, -0.2) is 35.6 Å². The highest BCUT2D eigenvalue weighted by molar-refractivity contribution is 5.94. The molecule has 0 aliphatic heterocycles. The molecule has 4 nitrogen and oxygen atoms in total. The van der Waals surface area contributed by atoms with Gasteiger partial charge in [0.1, 0.15) is 12.4 Å². The van der Waals surface area contributed by atoms with E-state index in [0.29, 0.717) is 18.7 Å². The molecule has 1 aromatic heterocycles. The zero-order chi connectivity index (χ0) is 16.8. The smallest absolute Gasteiger partial charge is 0.253 e. The van der Waals surface area contributed by atoms with Crippen LogP contribution in [0.4, 0.5) is 0 Å². The molecule has 4 heteroatoms. The fraction of sp³-hybridized carbons (Fsp3) is 0.150. The van der Waals surface area contributed by atoms with Gasteiger partial charge in [-0.15, -0.1) is 0 Å². The van der Waals surface area contributed by atoms with E-state index in [9.17, 15) is 4.79 Å². The Hall–Kier alpha value is -3.01. The summed E-state index contributed by atoms with van der Waals surface area (Å²) in [4.78, 5) is 14.1. The lowest BCUT2D eigenvalue weighted by Crippen LogP contribution is -2.30. The van der Waals surface area contributed by atoms with Crippen LogP contribution >= 0.6 is 0 Å². The number of amides is 1. The van der Waals surface area contributed by atoms with E-state index in [4.69, 9.17) is 4.74 Å². The first kappa shape index (κ1) is 15.9. The van der Waals surface area contributed by atoms with Crippen molar-refractivity contribution in [3.05, 3.63) is 84.7 Å². The van der Waals surface area contributed by atoms with Crippen LogP contribution in [-0.2, 0) is 0 Å². The molecule has 0 unspecified atom stereocenters. The average molecular weight is 320 g/mol. The minimum atomic E-state index is -0.00859. The molecule has 122 valence electrons. The molecular formula is C20H20N2O2. The van der Waals surface area contributed by atoms with Gasteiger partial charge in [-0.05, 0) is 48.5 Å². The summed E-state index contributed by atoms with van der Waals surface area (Å²) in [5, 5.41) is 0. The second-order valence-electron chi connectivity index (χ2n) is 5.53. The molecule has 2 aromatic carbocycles. The van der Waals surface area contributed by atoms with Crippen LogP contribution in [0.5, 0.6) is 5.75 Å². The molecule has 0 bridgehead atoms. The fourth-order valence-corrected chi connectivity index (χ4v) is 2.42. The number of hydrogen-bond acceptors (Lipinski definition) is 2. The van der Waals surface area contributed by atoms with Crippen molar-refractivity contribution in [2.75, 3.05) is 20.2 Å². The zero-order valence-corrected chi connectivity index (χ0v) is 13.6. The van der Waals surface area contributed by atoms with Gasteiger partial charge in [0.2, 0.25) is 0 Å². The van der Waals surface area contributed by atoms with Crippen LogP contribution in [0.15, 0.2) is 79.1 Å². The summed E-state index contributed by atoms with van der Waals surface area (Å²) >= 11 is 0. The molecule has 0 atom stereocenters. The van der Waals surface area contributed by atoms with E-state index in [-0.39, 0.29) is 5.91 Å². The van der Waals surface area contributed by atoms with Crippen molar-refractivity contribution in [3.63, 3.8) is 0 Å². The van der Waals surface area contributed by atoms with Crippen molar-refractivity contribution in [1.82, 2.24) is 9.47 Å².